The number of imide groups is 1. The van der Waals surface area contributed by atoms with Crippen LogP contribution in [0.4, 0.5) is 16.2 Å². The Balaban J connectivity index is 0.887. The molecular weight excluding hydrogens is 855 g/mol. The molecule has 2 fully saturated rings. The average molecular weight is 910 g/mol. The van der Waals surface area contributed by atoms with E-state index in [9.17, 15) is 38.7 Å². The molecule has 2 saturated heterocycles. The van der Waals surface area contributed by atoms with Crippen LogP contribution in [0.2, 0.25) is 0 Å². The lowest BCUT2D eigenvalue weighted by molar-refractivity contribution is -0.137. The van der Waals surface area contributed by atoms with Gasteiger partial charge in [0.05, 0.1) is 61.5 Å². The summed E-state index contributed by atoms with van der Waals surface area (Å²) in [6, 6.07) is 5.63. The predicted octanol–water partition coefficient (Wildman–Crippen LogP) is 4.80. The SMILES string of the molecule is C=C1C[C@H]2C=Nc3cc(OCCCCCOc4cc5c(cc4C)C(=O)N4CC(=C)C[C@H]4[C@H](O)N5C(=O)OCC(=O)CCOCCCC(=O)CCN4C(=O)C=CC4=O)c(OC)cc3C(=O)N2C1. The molecule has 7 rings (SSSR count). The number of aryl methyl sites for hydroxylation is 1. The molecule has 0 aromatic heterocycles. The van der Waals surface area contributed by atoms with E-state index in [2.05, 4.69) is 18.2 Å². The number of fused-ring (bicyclic) bond motifs is 4. The third kappa shape index (κ3) is 10.7. The summed E-state index contributed by atoms with van der Waals surface area (Å²) < 4.78 is 28.7. The molecule has 5 aliphatic heterocycles. The fourth-order valence-electron chi connectivity index (χ4n) is 8.50. The smallest absolute Gasteiger partial charge is 0.416 e. The van der Waals surface area contributed by atoms with Gasteiger partial charge in [-0.2, -0.15) is 0 Å². The van der Waals surface area contributed by atoms with Gasteiger partial charge in [-0.15, -0.1) is 0 Å². The van der Waals surface area contributed by atoms with Gasteiger partial charge >= 0.3 is 6.09 Å². The van der Waals surface area contributed by atoms with E-state index in [1.54, 1.807) is 36.2 Å². The minimum absolute atomic E-state index is 0.0157. The number of aliphatic imine (C=N–C) groups is 1. The molecule has 0 radical (unpaired) electrons. The molecule has 5 heterocycles. The number of aliphatic hydroxyl groups excluding tert-OH is 1. The van der Waals surface area contributed by atoms with Crippen LogP contribution < -0.4 is 19.1 Å². The van der Waals surface area contributed by atoms with Gasteiger partial charge in [0.2, 0.25) is 0 Å². The Labute approximate surface area is 382 Å². The Morgan fingerprint density at radius 1 is 0.758 bits per heavy atom. The molecular formula is C48H55N5O13. The number of ketones is 2. The molecule has 0 bridgehead atoms. The number of rotatable bonds is 21. The zero-order chi connectivity index (χ0) is 47.1. The molecule has 2 aromatic carbocycles. The van der Waals surface area contributed by atoms with E-state index in [0.717, 1.165) is 21.8 Å². The van der Waals surface area contributed by atoms with Crippen molar-refractivity contribution in [3.05, 3.63) is 77.4 Å². The highest BCUT2D eigenvalue weighted by Gasteiger charge is 2.46. The molecule has 350 valence electrons. The number of anilines is 1. The van der Waals surface area contributed by atoms with Crippen molar-refractivity contribution in [3.63, 3.8) is 0 Å². The maximum Gasteiger partial charge on any atom is 0.416 e. The third-order valence-corrected chi connectivity index (χ3v) is 12.0. The number of Topliss-reactive ketones (excluding diaryl/α,β-unsaturated/α-hetero) is 2. The van der Waals surface area contributed by atoms with Gasteiger partial charge in [-0.05, 0) is 63.1 Å². The van der Waals surface area contributed by atoms with E-state index >= 15 is 0 Å². The molecule has 3 atom stereocenters. The minimum atomic E-state index is -1.52. The van der Waals surface area contributed by atoms with Crippen molar-refractivity contribution in [2.24, 2.45) is 4.99 Å². The summed E-state index contributed by atoms with van der Waals surface area (Å²) in [5.41, 5.74) is 3.55. The summed E-state index contributed by atoms with van der Waals surface area (Å²) in [7, 11) is 1.52. The molecule has 2 aromatic rings. The molecule has 18 heteroatoms. The average Bonchev–Trinajstić information content (AvgIpc) is 3.95. The number of hydrogen-bond donors (Lipinski definition) is 1. The highest BCUT2D eigenvalue weighted by Crippen LogP contribution is 2.41. The van der Waals surface area contributed by atoms with Crippen molar-refractivity contribution < 1.29 is 62.4 Å². The first kappa shape index (κ1) is 47.3. The number of ether oxygens (including phenoxy) is 5. The number of unbranched alkanes of at least 4 members (excludes halogenated alkanes) is 2. The number of aliphatic hydroxyl groups is 1. The quantitative estimate of drug-likeness (QED) is 0.101. The van der Waals surface area contributed by atoms with Gasteiger partial charge in [0.25, 0.3) is 23.6 Å². The highest BCUT2D eigenvalue weighted by molar-refractivity contribution is 6.13. The maximum atomic E-state index is 13.9. The third-order valence-electron chi connectivity index (χ3n) is 12.0. The van der Waals surface area contributed by atoms with Gasteiger partial charge in [0, 0.05) is 76.0 Å². The monoisotopic (exact) mass is 909 g/mol. The number of amides is 5. The van der Waals surface area contributed by atoms with Crippen LogP contribution in [-0.2, 0) is 28.7 Å². The Morgan fingerprint density at radius 2 is 1.45 bits per heavy atom. The Kier molecular flexibility index (Phi) is 15.1. The number of carbonyl (C=O) groups excluding carboxylic acids is 7. The van der Waals surface area contributed by atoms with E-state index in [-0.39, 0.29) is 81.0 Å². The number of hydrogen-bond acceptors (Lipinski definition) is 14. The van der Waals surface area contributed by atoms with E-state index < -0.39 is 48.5 Å². The van der Waals surface area contributed by atoms with Crippen molar-refractivity contribution in [3.8, 4) is 17.2 Å². The lowest BCUT2D eigenvalue weighted by Gasteiger charge is -2.31. The fraction of sp³-hybridized carbons (Fsp3) is 0.458. The van der Waals surface area contributed by atoms with Crippen molar-refractivity contribution in [1.29, 1.82) is 0 Å². The first-order valence-electron chi connectivity index (χ1n) is 22.1. The lowest BCUT2D eigenvalue weighted by Crippen LogP contribution is -2.51. The second-order valence-corrected chi connectivity index (χ2v) is 16.9. The topological polar surface area (TPSA) is 211 Å². The van der Waals surface area contributed by atoms with Crippen molar-refractivity contribution >= 4 is 58.9 Å². The van der Waals surface area contributed by atoms with Crippen LogP contribution in [0.5, 0.6) is 17.2 Å². The first-order valence-corrected chi connectivity index (χ1v) is 22.1. The molecule has 5 amide bonds. The van der Waals surface area contributed by atoms with E-state index in [0.29, 0.717) is 85.1 Å². The Morgan fingerprint density at radius 3 is 2.20 bits per heavy atom. The van der Waals surface area contributed by atoms with Crippen LogP contribution in [-0.4, -0.2) is 145 Å². The largest absolute Gasteiger partial charge is 0.493 e. The number of nitrogens with zero attached hydrogens (tertiary/aromatic N) is 5. The van der Waals surface area contributed by atoms with Crippen molar-refractivity contribution in [1.82, 2.24) is 14.7 Å². The van der Waals surface area contributed by atoms with Gasteiger partial charge in [-0.25, -0.2) is 9.69 Å². The van der Waals surface area contributed by atoms with Gasteiger partial charge in [-0.3, -0.25) is 38.7 Å². The highest BCUT2D eigenvalue weighted by atomic mass is 16.6. The van der Waals surface area contributed by atoms with E-state index in [4.69, 9.17) is 23.7 Å². The summed E-state index contributed by atoms with van der Waals surface area (Å²) in [5.74, 6) is -0.663. The van der Waals surface area contributed by atoms with Crippen LogP contribution >= 0.6 is 0 Å². The Hall–Kier alpha value is -6.66. The first-order chi connectivity index (χ1) is 31.7. The van der Waals surface area contributed by atoms with Crippen LogP contribution in [0.15, 0.2) is 65.7 Å². The van der Waals surface area contributed by atoms with Gasteiger partial charge in [0.1, 0.15) is 11.5 Å². The van der Waals surface area contributed by atoms with Crippen LogP contribution in [0, 0.1) is 6.92 Å². The van der Waals surface area contributed by atoms with Crippen molar-refractivity contribution in [2.75, 3.05) is 64.7 Å². The zero-order valence-electron chi connectivity index (χ0n) is 37.3. The molecule has 1 N–H and O–H groups in total. The summed E-state index contributed by atoms with van der Waals surface area (Å²) in [4.78, 5) is 99.0. The van der Waals surface area contributed by atoms with E-state index in [1.165, 1.54) is 30.2 Å². The fourth-order valence-corrected chi connectivity index (χ4v) is 8.50. The molecule has 18 nitrogen and oxygen atoms in total. The maximum absolute atomic E-state index is 13.9. The van der Waals surface area contributed by atoms with Gasteiger partial charge in [0.15, 0.2) is 30.1 Å². The normalized spacial score (nSPS) is 19.7. The molecule has 0 unspecified atom stereocenters. The standard InChI is InChI=1S/C48H55N5O13/c1-29-19-32-25-49-37-23-42(41(62-4)22-35(37)45(58)51(32)26-29)65-17-7-5-6-16-64-40-24-38-36(21-31(40)3)46(59)52-27-30(2)20-39(52)47(60)53(38)48(61)66-28-34(55)13-18-63-15-8-9-33(54)12-14-50-43(56)10-11-44(50)57/h10-11,21-25,32,39,47,60H,1-2,5-9,12-20,26-28H2,3-4H3/t32-,39-,47-/m0/s1. The molecule has 5 aliphatic rings. The molecule has 0 spiro atoms. The van der Waals surface area contributed by atoms with Crippen LogP contribution in [0.1, 0.15) is 84.1 Å². The molecule has 66 heavy (non-hydrogen) atoms. The van der Waals surface area contributed by atoms with Crippen LogP contribution in [0.3, 0.4) is 0 Å². The van der Waals surface area contributed by atoms with Gasteiger partial charge in [-0.1, -0.05) is 24.3 Å². The number of methoxy groups -OCH3 is 1. The predicted molar refractivity (Wildman–Crippen MR) is 239 cm³/mol. The minimum Gasteiger partial charge on any atom is -0.493 e. The van der Waals surface area contributed by atoms with Gasteiger partial charge < -0.3 is 38.6 Å². The summed E-state index contributed by atoms with van der Waals surface area (Å²) in [6.45, 7) is 10.8. The summed E-state index contributed by atoms with van der Waals surface area (Å²) in [6.07, 6.45) is 5.07. The van der Waals surface area contributed by atoms with Crippen LogP contribution in [0.25, 0.3) is 0 Å². The molecule has 0 saturated carbocycles. The number of carbonyl (C=O) groups is 7. The zero-order valence-corrected chi connectivity index (χ0v) is 37.3. The number of benzene rings is 2. The second kappa shape index (κ2) is 21.1. The second-order valence-electron chi connectivity index (χ2n) is 16.9. The summed E-state index contributed by atoms with van der Waals surface area (Å²) >= 11 is 0. The summed E-state index contributed by atoms with van der Waals surface area (Å²) in [5, 5.41) is 11.6. The molecule has 0 aliphatic carbocycles. The lowest BCUT2D eigenvalue weighted by atomic mass is 10.1. The van der Waals surface area contributed by atoms with Crippen molar-refractivity contribution in [2.45, 2.75) is 83.0 Å². The Bertz CT molecular complexity index is 2360. The van der Waals surface area contributed by atoms with E-state index in [1.807, 2.05) is 0 Å².